The number of halogens is 3. The second kappa shape index (κ2) is 4.63. The van der Waals surface area contributed by atoms with Gasteiger partial charge in [0, 0.05) is 0 Å². The van der Waals surface area contributed by atoms with Crippen LogP contribution in [0, 0.1) is 0 Å². The van der Waals surface area contributed by atoms with Crippen LogP contribution in [0.15, 0.2) is 23.7 Å². The second-order valence-corrected chi connectivity index (χ2v) is 3.54. The van der Waals surface area contributed by atoms with Crippen LogP contribution >= 0.6 is 11.3 Å². The molecule has 14 heavy (non-hydrogen) atoms. The molecule has 0 saturated heterocycles. The Hall–Kier alpha value is 0.601. The van der Waals surface area contributed by atoms with Crippen molar-refractivity contribution in [2.75, 3.05) is 0 Å². The molecule has 2 aromatic rings. The fourth-order valence-electron chi connectivity index (χ4n) is 1.08. The van der Waals surface area contributed by atoms with Crippen molar-refractivity contribution in [3.05, 3.63) is 23.7 Å². The van der Waals surface area contributed by atoms with E-state index in [0.29, 0.717) is 10.2 Å². The Bertz CT molecular complexity index is 442. The van der Waals surface area contributed by atoms with Crippen LogP contribution in [-0.4, -0.2) is 12.0 Å². The molecule has 1 heterocycles. The quantitative estimate of drug-likeness (QED) is 0.605. The van der Waals surface area contributed by atoms with Crippen LogP contribution in [0.3, 0.4) is 0 Å². The standard InChI is InChI=1S/C7H4BF3NS.K/c9-8(10,11)5-1-2-6-7(3-5)13-4-12-6;/h1-4H;/q-1;+1. The predicted molar refractivity (Wildman–Crippen MR) is 48.3 cm³/mol. The first-order chi connectivity index (χ1) is 6.07. The van der Waals surface area contributed by atoms with Crippen molar-refractivity contribution in [1.29, 1.82) is 0 Å². The Balaban J connectivity index is 0.000000980. The number of thiazole rings is 1. The van der Waals surface area contributed by atoms with E-state index < -0.39 is 12.4 Å². The van der Waals surface area contributed by atoms with Crippen molar-refractivity contribution in [3.63, 3.8) is 0 Å². The molecule has 0 unspecified atom stereocenters. The van der Waals surface area contributed by atoms with Crippen LogP contribution in [0.5, 0.6) is 0 Å². The number of rotatable bonds is 1. The first kappa shape index (κ1) is 12.7. The molecule has 7 heteroatoms. The summed E-state index contributed by atoms with van der Waals surface area (Å²) in [6.45, 7) is -4.89. The van der Waals surface area contributed by atoms with Crippen molar-refractivity contribution in [2.24, 2.45) is 0 Å². The van der Waals surface area contributed by atoms with E-state index in [4.69, 9.17) is 0 Å². The molecule has 1 nitrogen and oxygen atoms in total. The number of benzene rings is 1. The van der Waals surface area contributed by atoms with E-state index in [2.05, 4.69) is 4.98 Å². The summed E-state index contributed by atoms with van der Waals surface area (Å²) in [5, 5.41) is 0. The SMILES string of the molecule is F[B-](F)(F)c1ccc2ncsc2c1.[K+]. The Kier molecular flexibility index (Phi) is 4.19. The minimum atomic E-state index is -4.89. The average molecular weight is 241 g/mol. The van der Waals surface area contributed by atoms with Gasteiger partial charge in [-0.05, 0) is 6.07 Å². The van der Waals surface area contributed by atoms with Crippen molar-refractivity contribution < 1.29 is 64.3 Å². The molecule has 0 atom stereocenters. The summed E-state index contributed by atoms with van der Waals surface area (Å²) in [5.41, 5.74) is 1.60. The van der Waals surface area contributed by atoms with Crippen LogP contribution in [0.4, 0.5) is 12.9 Å². The molecule has 0 spiro atoms. The molecule has 0 saturated carbocycles. The number of hydrogen-bond acceptors (Lipinski definition) is 2. The third kappa shape index (κ3) is 2.59. The van der Waals surface area contributed by atoms with Gasteiger partial charge in [-0.25, -0.2) is 4.98 Å². The van der Waals surface area contributed by atoms with Gasteiger partial charge in [0.25, 0.3) is 0 Å². The van der Waals surface area contributed by atoms with E-state index in [1.807, 2.05) is 0 Å². The normalized spacial score (nSPS) is 11.4. The topological polar surface area (TPSA) is 12.9 Å². The Morgan fingerprint density at radius 2 is 1.93 bits per heavy atom. The molecule has 0 aliphatic rings. The van der Waals surface area contributed by atoms with Crippen LogP contribution < -0.4 is 56.8 Å². The summed E-state index contributed by atoms with van der Waals surface area (Å²) in [6.07, 6.45) is 0. The molecular formula is C7H4BF3KNS. The van der Waals surface area contributed by atoms with E-state index in [0.717, 1.165) is 12.1 Å². The van der Waals surface area contributed by atoms with Crippen LogP contribution in [0.25, 0.3) is 10.2 Å². The predicted octanol–water partition coefficient (Wildman–Crippen LogP) is -0.645. The fourth-order valence-corrected chi connectivity index (χ4v) is 1.80. The van der Waals surface area contributed by atoms with Gasteiger partial charge in [0.05, 0.1) is 15.7 Å². The summed E-state index contributed by atoms with van der Waals surface area (Å²) in [4.78, 5) is 3.90. The van der Waals surface area contributed by atoms with Gasteiger partial charge >= 0.3 is 58.4 Å². The van der Waals surface area contributed by atoms with Gasteiger partial charge in [0.2, 0.25) is 0 Å². The zero-order valence-electron chi connectivity index (χ0n) is 7.38. The summed E-state index contributed by atoms with van der Waals surface area (Å²) in [6, 6.07) is 3.62. The van der Waals surface area contributed by atoms with Crippen LogP contribution in [0.1, 0.15) is 0 Å². The van der Waals surface area contributed by atoms with Gasteiger partial charge in [-0.3, -0.25) is 0 Å². The van der Waals surface area contributed by atoms with E-state index in [1.54, 1.807) is 0 Å². The van der Waals surface area contributed by atoms with E-state index in [1.165, 1.54) is 22.9 Å². The zero-order valence-corrected chi connectivity index (χ0v) is 11.3. The van der Waals surface area contributed by atoms with E-state index in [-0.39, 0.29) is 51.4 Å². The first-order valence-corrected chi connectivity index (χ1v) is 4.48. The molecule has 0 amide bonds. The summed E-state index contributed by atoms with van der Waals surface area (Å²) in [7, 11) is 0. The fraction of sp³-hybridized carbons (Fsp3) is 0. The van der Waals surface area contributed by atoms with E-state index in [9.17, 15) is 12.9 Å². The number of hydrogen-bond donors (Lipinski definition) is 0. The average Bonchev–Trinajstić information content (AvgIpc) is 2.47. The molecule has 0 radical (unpaired) electrons. The van der Waals surface area contributed by atoms with Crippen molar-refractivity contribution >= 4 is 34.0 Å². The molecule has 1 aromatic carbocycles. The number of aromatic nitrogens is 1. The monoisotopic (exact) mass is 241 g/mol. The van der Waals surface area contributed by atoms with Gasteiger partial charge in [-0.15, -0.1) is 16.8 Å². The summed E-state index contributed by atoms with van der Waals surface area (Å²) < 4.78 is 37.4. The summed E-state index contributed by atoms with van der Waals surface area (Å²) in [5.74, 6) is 0. The maximum atomic E-state index is 12.3. The molecule has 0 aliphatic carbocycles. The molecule has 0 N–H and O–H groups in total. The van der Waals surface area contributed by atoms with Gasteiger partial charge in [-0.2, -0.15) is 0 Å². The minimum absolute atomic E-state index is 0. The second-order valence-electron chi connectivity index (χ2n) is 2.65. The van der Waals surface area contributed by atoms with Crippen LogP contribution in [0.2, 0.25) is 0 Å². The molecule has 1 aromatic heterocycles. The van der Waals surface area contributed by atoms with Gasteiger partial charge < -0.3 is 12.9 Å². The van der Waals surface area contributed by atoms with Crippen LogP contribution in [-0.2, 0) is 0 Å². The largest absolute Gasteiger partial charge is 1.00 e. The molecule has 0 bridgehead atoms. The first-order valence-electron chi connectivity index (χ1n) is 3.60. The van der Waals surface area contributed by atoms with Gasteiger partial charge in [0.1, 0.15) is 0 Å². The Morgan fingerprint density at radius 3 is 2.57 bits per heavy atom. The maximum absolute atomic E-state index is 12.3. The van der Waals surface area contributed by atoms with Crippen molar-refractivity contribution in [1.82, 2.24) is 4.98 Å². The Morgan fingerprint density at radius 1 is 1.21 bits per heavy atom. The molecule has 68 valence electrons. The van der Waals surface area contributed by atoms with Gasteiger partial charge in [-0.1, -0.05) is 12.1 Å². The maximum Gasteiger partial charge on any atom is 1.00 e. The molecule has 2 rings (SSSR count). The van der Waals surface area contributed by atoms with Gasteiger partial charge in [0.15, 0.2) is 0 Å². The summed E-state index contributed by atoms with van der Waals surface area (Å²) >= 11 is 1.22. The van der Waals surface area contributed by atoms with Crippen molar-refractivity contribution in [3.8, 4) is 0 Å². The van der Waals surface area contributed by atoms with E-state index >= 15 is 0 Å². The zero-order chi connectivity index (χ0) is 9.47. The number of nitrogens with zero attached hydrogens (tertiary/aromatic N) is 1. The minimum Gasteiger partial charge on any atom is -0.445 e. The smallest absolute Gasteiger partial charge is 0.445 e. The molecular weight excluding hydrogens is 237 g/mol. The molecule has 0 aliphatic heterocycles. The molecule has 0 fully saturated rings. The number of fused-ring (bicyclic) bond motifs is 1. The third-order valence-corrected chi connectivity index (χ3v) is 2.53. The Labute approximate surface area is 125 Å². The third-order valence-electron chi connectivity index (χ3n) is 1.73. The van der Waals surface area contributed by atoms with Crippen molar-refractivity contribution in [2.45, 2.75) is 0 Å².